The molecule has 3 N–H and O–H groups in total. The molecule has 1 unspecified atom stereocenters. The van der Waals surface area contributed by atoms with E-state index in [1.807, 2.05) is 0 Å². The van der Waals surface area contributed by atoms with Crippen molar-refractivity contribution in [3.63, 3.8) is 0 Å². The van der Waals surface area contributed by atoms with E-state index in [1.165, 1.54) is 43.5 Å². The molecule has 35 heavy (non-hydrogen) atoms. The van der Waals surface area contributed by atoms with Crippen molar-refractivity contribution in [1.29, 1.82) is 0 Å². The summed E-state index contributed by atoms with van der Waals surface area (Å²) in [6.07, 6.45) is -3.69. The number of ether oxygens (including phenoxy) is 1. The van der Waals surface area contributed by atoms with E-state index in [0.717, 1.165) is 4.68 Å². The summed E-state index contributed by atoms with van der Waals surface area (Å²) in [6, 6.07) is 8.69. The van der Waals surface area contributed by atoms with Gasteiger partial charge >= 0.3 is 11.9 Å². The second-order valence-electron chi connectivity index (χ2n) is 6.66. The molecule has 2 aromatic carbocycles. The molecule has 1 aliphatic heterocycles. The minimum absolute atomic E-state index is 0.00142. The van der Waals surface area contributed by atoms with Crippen LogP contribution in [0.3, 0.4) is 0 Å². The number of aromatic amines is 1. The van der Waals surface area contributed by atoms with Crippen molar-refractivity contribution in [2.24, 2.45) is 5.10 Å². The zero-order valence-electron chi connectivity index (χ0n) is 18.0. The van der Waals surface area contributed by atoms with E-state index >= 15 is 0 Å². The summed E-state index contributed by atoms with van der Waals surface area (Å²) in [7, 11) is 2.96. The molecule has 1 aliphatic rings. The molecule has 0 fully saturated rings. The largest absolute Gasteiger partial charge is 0.496 e. The molecular formula is C20H17ClF4N6O3S. The molecule has 15 heteroatoms. The zero-order valence-corrected chi connectivity index (χ0v) is 19.6. The maximum atomic E-state index is 14.0. The van der Waals surface area contributed by atoms with E-state index < -0.39 is 28.2 Å². The highest BCUT2D eigenvalue weighted by molar-refractivity contribution is 8.14. The molecule has 186 valence electrons. The minimum Gasteiger partial charge on any atom is -0.496 e. The van der Waals surface area contributed by atoms with Crippen LogP contribution in [-0.2, 0) is 0 Å². The molecule has 4 rings (SSSR count). The lowest BCUT2D eigenvalue weighted by Gasteiger charge is -2.06. The van der Waals surface area contributed by atoms with Crippen molar-refractivity contribution in [3.8, 4) is 22.8 Å². The fraction of sp³-hybridized carbons (Fsp3) is 0.200. The Bertz CT molecular complexity index is 1290. The molecule has 0 saturated heterocycles. The summed E-state index contributed by atoms with van der Waals surface area (Å²) in [5.74, 6) is -0.304. The number of hydrogen-bond acceptors (Lipinski definition) is 8. The first kappa shape index (κ1) is 26.2. The summed E-state index contributed by atoms with van der Waals surface area (Å²) in [5.41, 5.74) is 1.94. The van der Waals surface area contributed by atoms with Gasteiger partial charge in [-0.25, -0.2) is 9.18 Å². The van der Waals surface area contributed by atoms with Crippen LogP contribution in [0.5, 0.6) is 5.75 Å². The Morgan fingerprint density at radius 1 is 1.29 bits per heavy atom. The first-order valence-corrected chi connectivity index (χ1v) is 10.9. The third-order valence-electron chi connectivity index (χ3n) is 4.42. The predicted molar refractivity (Wildman–Crippen MR) is 124 cm³/mol. The van der Waals surface area contributed by atoms with E-state index in [4.69, 9.17) is 16.3 Å². The Labute approximate surface area is 204 Å². The van der Waals surface area contributed by atoms with Gasteiger partial charge in [-0.1, -0.05) is 29.4 Å². The average Bonchev–Trinajstić information content (AvgIpc) is 3.46. The second kappa shape index (κ2) is 10.9. The topological polar surface area (TPSA) is 113 Å². The lowest BCUT2D eigenvalue weighted by Crippen LogP contribution is -2.30. The van der Waals surface area contributed by atoms with Gasteiger partial charge < -0.3 is 4.74 Å². The number of rotatable bonds is 5. The van der Waals surface area contributed by atoms with Gasteiger partial charge in [0.15, 0.2) is 12.1 Å². The number of hydrazone groups is 1. The van der Waals surface area contributed by atoms with Crippen LogP contribution < -0.4 is 21.2 Å². The third kappa shape index (κ3) is 6.01. The molecule has 0 bridgehead atoms. The van der Waals surface area contributed by atoms with Crippen LogP contribution in [-0.4, -0.2) is 51.9 Å². The van der Waals surface area contributed by atoms with Crippen molar-refractivity contribution in [2.75, 3.05) is 14.2 Å². The van der Waals surface area contributed by atoms with Gasteiger partial charge in [0.2, 0.25) is 5.04 Å². The summed E-state index contributed by atoms with van der Waals surface area (Å²) in [4.78, 5) is 25.6. The van der Waals surface area contributed by atoms with Gasteiger partial charge in [0, 0.05) is 6.07 Å². The minimum atomic E-state index is -4.33. The maximum Gasteiger partial charge on any atom is 0.441 e. The molecule has 1 aromatic heterocycles. The lowest BCUT2D eigenvalue weighted by atomic mass is 10.2. The molecule has 3 aromatic rings. The van der Waals surface area contributed by atoms with E-state index in [2.05, 4.69) is 25.9 Å². The molecule has 9 nitrogen and oxygen atoms in total. The maximum absolute atomic E-state index is 14.0. The van der Waals surface area contributed by atoms with Gasteiger partial charge in [0.25, 0.3) is 0 Å². The number of methoxy groups -OCH3 is 1. The highest BCUT2D eigenvalue weighted by atomic mass is 35.5. The monoisotopic (exact) mass is 532 g/mol. The number of carbonyl (C=O) groups excluding carboxylic acids is 1. The van der Waals surface area contributed by atoms with Crippen molar-refractivity contribution in [1.82, 2.24) is 25.5 Å². The average molecular weight is 533 g/mol. The standard InChI is InChI=1S/C16H11ClFN3O3.C4H6F3N3S/c1-24-13-7-10(6-5-9(13)8-22)21-16(23)19-15(20-21)14-11(17)3-2-4-12(14)18;1-8-3-10-9-2(11-3)4(5,6)7/h2-8H,1H3,(H,19,20,23);3,8,10H,1H3. The SMILES string of the molecule is CNC1NN=C(C(F)(F)F)S1.COc1cc(-n2nc(-c3c(F)cccc3Cl)[nH]c2=O)ccc1C=O. The van der Waals surface area contributed by atoms with Crippen LogP contribution in [0.15, 0.2) is 46.3 Å². The second-order valence-corrected chi connectivity index (χ2v) is 8.16. The molecule has 0 aliphatic carbocycles. The van der Waals surface area contributed by atoms with Crippen molar-refractivity contribution in [3.05, 3.63) is 63.3 Å². The van der Waals surface area contributed by atoms with E-state index in [0.29, 0.717) is 35.0 Å². The van der Waals surface area contributed by atoms with Crippen molar-refractivity contribution < 1.29 is 27.1 Å². The molecule has 0 saturated carbocycles. The number of thioether (sulfide) groups is 1. The summed E-state index contributed by atoms with van der Waals surface area (Å²) >= 11 is 6.61. The Morgan fingerprint density at radius 2 is 2.03 bits per heavy atom. The predicted octanol–water partition coefficient (Wildman–Crippen LogP) is 3.54. The number of halogens is 5. The number of nitrogens with zero attached hydrogens (tertiary/aromatic N) is 3. The number of benzene rings is 2. The number of hydrogen-bond donors (Lipinski definition) is 3. The zero-order chi connectivity index (χ0) is 25.8. The first-order chi connectivity index (χ1) is 16.6. The molecule has 0 radical (unpaired) electrons. The molecule has 2 heterocycles. The summed E-state index contributed by atoms with van der Waals surface area (Å²) in [6.45, 7) is 0. The Kier molecular flexibility index (Phi) is 8.19. The number of nitrogens with one attached hydrogen (secondary N) is 3. The Hall–Kier alpha value is -3.36. The normalized spacial score (nSPS) is 15.1. The van der Waals surface area contributed by atoms with E-state index in [-0.39, 0.29) is 16.4 Å². The summed E-state index contributed by atoms with van der Waals surface area (Å²) in [5, 5.41) is 9.08. The number of aldehydes is 1. The van der Waals surface area contributed by atoms with Crippen LogP contribution in [0.25, 0.3) is 17.1 Å². The quantitative estimate of drug-likeness (QED) is 0.340. The van der Waals surface area contributed by atoms with Crippen molar-refractivity contribution >= 4 is 34.7 Å². The van der Waals surface area contributed by atoms with Gasteiger partial charge in [0.1, 0.15) is 17.1 Å². The number of alkyl halides is 3. The van der Waals surface area contributed by atoms with Crippen LogP contribution in [0, 0.1) is 5.82 Å². The highest BCUT2D eigenvalue weighted by Crippen LogP contribution is 2.29. The lowest BCUT2D eigenvalue weighted by molar-refractivity contribution is -0.0555. The molecular weight excluding hydrogens is 516 g/mol. The fourth-order valence-corrected chi connectivity index (χ4v) is 3.74. The van der Waals surface area contributed by atoms with Gasteiger partial charge in [-0.3, -0.25) is 20.5 Å². The van der Waals surface area contributed by atoms with E-state index in [1.54, 1.807) is 7.05 Å². The van der Waals surface area contributed by atoms with Crippen LogP contribution in [0.4, 0.5) is 17.6 Å². The summed E-state index contributed by atoms with van der Waals surface area (Å²) < 4.78 is 55.7. The third-order valence-corrected chi connectivity index (χ3v) is 5.86. The number of carbonyl (C=O) groups is 1. The van der Waals surface area contributed by atoms with Crippen LogP contribution in [0.2, 0.25) is 5.02 Å². The molecule has 0 spiro atoms. The Balaban J connectivity index is 0.000000261. The van der Waals surface area contributed by atoms with Crippen LogP contribution in [0.1, 0.15) is 10.4 Å². The van der Waals surface area contributed by atoms with Gasteiger partial charge in [0.05, 0.1) is 28.9 Å². The smallest absolute Gasteiger partial charge is 0.441 e. The molecule has 0 amide bonds. The Morgan fingerprint density at radius 3 is 2.57 bits per heavy atom. The van der Waals surface area contributed by atoms with Gasteiger partial charge in [-0.2, -0.15) is 23.0 Å². The van der Waals surface area contributed by atoms with Gasteiger partial charge in [-0.15, -0.1) is 5.10 Å². The van der Waals surface area contributed by atoms with E-state index in [9.17, 15) is 27.2 Å². The number of H-pyrrole nitrogens is 1. The van der Waals surface area contributed by atoms with Gasteiger partial charge in [-0.05, 0) is 31.3 Å². The fourth-order valence-electron chi connectivity index (χ4n) is 2.80. The first-order valence-electron chi connectivity index (χ1n) is 9.60. The highest BCUT2D eigenvalue weighted by Gasteiger charge is 2.40. The van der Waals surface area contributed by atoms with Crippen molar-refractivity contribution in [2.45, 2.75) is 11.7 Å². The molecule has 1 atom stereocenters. The number of aromatic nitrogens is 3. The van der Waals surface area contributed by atoms with Crippen LogP contribution >= 0.6 is 23.4 Å².